The van der Waals surface area contributed by atoms with Crippen LogP contribution in [0.2, 0.25) is 0 Å². The molecule has 21 heavy (non-hydrogen) atoms. The third kappa shape index (κ3) is 7.18. The van der Waals surface area contributed by atoms with Crippen LogP contribution in [0.15, 0.2) is 22.7 Å². The van der Waals surface area contributed by atoms with E-state index in [9.17, 15) is 10.1 Å². The first-order chi connectivity index (χ1) is 10.2. The predicted molar refractivity (Wildman–Crippen MR) is 92.5 cm³/mol. The highest BCUT2D eigenvalue weighted by Gasteiger charge is 2.17. The van der Waals surface area contributed by atoms with Gasteiger partial charge < -0.3 is 4.74 Å². The zero-order chi connectivity index (χ0) is 15.5. The van der Waals surface area contributed by atoms with Crippen molar-refractivity contribution in [2.75, 3.05) is 12.4 Å². The van der Waals surface area contributed by atoms with E-state index in [1.807, 2.05) is 0 Å². The summed E-state index contributed by atoms with van der Waals surface area (Å²) in [6.07, 6.45) is 8.15. The molecule has 1 aromatic rings. The lowest BCUT2D eigenvalue weighted by Crippen LogP contribution is -2.01. The van der Waals surface area contributed by atoms with Gasteiger partial charge in [-0.3, -0.25) is 10.1 Å². The van der Waals surface area contributed by atoms with Crippen LogP contribution in [-0.4, -0.2) is 17.3 Å². The van der Waals surface area contributed by atoms with Crippen LogP contribution in [0.1, 0.15) is 44.9 Å². The number of rotatable bonds is 11. The fourth-order valence-electron chi connectivity index (χ4n) is 2.06. The molecule has 0 aliphatic rings. The van der Waals surface area contributed by atoms with Gasteiger partial charge in [0.05, 0.1) is 16.0 Å². The third-order valence-corrected chi connectivity index (χ3v) is 4.13. The first-order valence-corrected chi connectivity index (χ1v) is 8.76. The monoisotopic (exact) mass is 375 g/mol. The van der Waals surface area contributed by atoms with Gasteiger partial charge in [0, 0.05) is 6.07 Å². The van der Waals surface area contributed by atoms with Gasteiger partial charge in [0.25, 0.3) is 0 Å². The highest BCUT2D eigenvalue weighted by atomic mass is 79.9. The van der Waals surface area contributed by atoms with E-state index in [0.29, 0.717) is 16.8 Å². The molecule has 118 valence electrons. The lowest BCUT2D eigenvalue weighted by atomic mass is 10.1. The van der Waals surface area contributed by atoms with Crippen LogP contribution in [0.25, 0.3) is 0 Å². The summed E-state index contributed by atoms with van der Waals surface area (Å²) in [5.41, 5.74) is 0.0103. The zero-order valence-electron chi connectivity index (χ0n) is 12.1. The Morgan fingerprint density at radius 1 is 1.10 bits per heavy atom. The Balaban J connectivity index is 2.23. The molecule has 0 radical (unpaired) electrons. The molecule has 0 saturated heterocycles. The van der Waals surface area contributed by atoms with Gasteiger partial charge in [0.2, 0.25) is 5.75 Å². The highest BCUT2D eigenvalue weighted by molar-refractivity contribution is 9.10. The van der Waals surface area contributed by atoms with Crippen molar-refractivity contribution in [3.05, 3.63) is 32.8 Å². The number of thiol groups is 1. The summed E-state index contributed by atoms with van der Waals surface area (Å²) < 4.78 is 6.20. The van der Waals surface area contributed by atoms with E-state index in [4.69, 9.17) is 4.74 Å². The van der Waals surface area contributed by atoms with E-state index < -0.39 is 4.92 Å². The summed E-state index contributed by atoms with van der Waals surface area (Å²) in [7, 11) is 0. The van der Waals surface area contributed by atoms with Crippen LogP contribution in [0, 0.1) is 10.1 Å². The molecule has 0 saturated carbocycles. The Kier molecular flexibility index (Phi) is 9.50. The summed E-state index contributed by atoms with van der Waals surface area (Å²) in [4.78, 5) is 10.5. The van der Waals surface area contributed by atoms with Gasteiger partial charge in [0.15, 0.2) is 0 Å². The molecule has 1 rings (SSSR count). The maximum Gasteiger partial charge on any atom is 0.312 e. The van der Waals surface area contributed by atoms with Crippen LogP contribution >= 0.6 is 28.6 Å². The van der Waals surface area contributed by atoms with Crippen LogP contribution in [0.3, 0.4) is 0 Å². The van der Waals surface area contributed by atoms with Crippen molar-refractivity contribution in [3.63, 3.8) is 0 Å². The van der Waals surface area contributed by atoms with Crippen LogP contribution in [0.5, 0.6) is 5.75 Å². The lowest BCUT2D eigenvalue weighted by Gasteiger charge is -2.08. The normalized spacial score (nSPS) is 10.6. The minimum atomic E-state index is -0.415. The first-order valence-electron chi connectivity index (χ1n) is 7.33. The molecule has 0 spiro atoms. The summed E-state index contributed by atoms with van der Waals surface area (Å²) in [5.74, 6) is 1.30. The van der Waals surface area contributed by atoms with E-state index in [0.717, 1.165) is 18.6 Å². The number of para-hydroxylation sites is 1. The topological polar surface area (TPSA) is 52.4 Å². The maximum absolute atomic E-state index is 10.9. The fraction of sp³-hybridized carbons (Fsp3) is 0.600. The van der Waals surface area contributed by atoms with Gasteiger partial charge in [-0.2, -0.15) is 12.6 Å². The molecule has 0 aromatic heterocycles. The average Bonchev–Trinajstić information content (AvgIpc) is 2.46. The summed E-state index contributed by atoms with van der Waals surface area (Å²) in [5, 5.41) is 10.9. The SMILES string of the molecule is O=[N+]([O-])c1cccc(Br)c1OCCCCCCCCCS. The maximum atomic E-state index is 10.9. The summed E-state index contributed by atoms with van der Waals surface area (Å²) >= 11 is 7.49. The largest absolute Gasteiger partial charge is 0.486 e. The Bertz CT molecular complexity index is 443. The number of nitrogens with zero attached hydrogens (tertiary/aromatic N) is 1. The van der Waals surface area contributed by atoms with Crippen molar-refractivity contribution in [1.29, 1.82) is 0 Å². The van der Waals surface area contributed by atoms with Crippen LogP contribution in [0.4, 0.5) is 5.69 Å². The van der Waals surface area contributed by atoms with Gasteiger partial charge in [-0.25, -0.2) is 0 Å². The fourth-order valence-corrected chi connectivity index (χ4v) is 2.75. The number of benzene rings is 1. The van der Waals surface area contributed by atoms with Crippen molar-refractivity contribution in [2.24, 2.45) is 0 Å². The molecular weight excluding hydrogens is 354 g/mol. The number of unbranched alkanes of at least 4 members (excludes halogenated alkanes) is 6. The molecule has 0 bridgehead atoms. The molecule has 0 heterocycles. The van der Waals surface area contributed by atoms with Gasteiger partial charge >= 0.3 is 5.69 Å². The number of hydrogen-bond donors (Lipinski definition) is 1. The van der Waals surface area contributed by atoms with Crippen LogP contribution in [-0.2, 0) is 0 Å². The number of nitro groups is 1. The second-order valence-electron chi connectivity index (χ2n) is 4.89. The smallest absolute Gasteiger partial charge is 0.312 e. The zero-order valence-corrected chi connectivity index (χ0v) is 14.6. The Morgan fingerprint density at radius 3 is 2.33 bits per heavy atom. The second-order valence-corrected chi connectivity index (χ2v) is 6.19. The minimum absolute atomic E-state index is 0.0103. The van der Waals surface area contributed by atoms with Crippen molar-refractivity contribution >= 4 is 34.2 Å². The molecular formula is C15H22BrNO3S. The van der Waals surface area contributed by atoms with E-state index in [1.165, 1.54) is 38.2 Å². The van der Waals surface area contributed by atoms with E-state index in [2.05, 4.69) is 28.6 Å². The molecule has 0 fully saturated rings. The van der Waals surface area contributed by atoms with Gasteiger partial charge in [0.1, 0.15) is 0 Å². The van der Waals surface area contributed by atoms with E-state index >= 15 is 0 Å². The minimum Gasteiger partial charge on any atom is -0.486 e. The van der Waals surface area contributed by atoms with Gasteiger partial charge in [-0.15, -0.1) is 0 Å². The lowest BCUT2D eigenvalue weighted by molar-refractivity contribution is -0.386. The highest BCUT2D eigenvalue weighted by Crippen LogP contribution is 2.34. The molecule has 0 unspecified atom stereocenters. The molecule has 0 atom stereocenters. The summed E-state index contributed by atoms with van der Waals surface area (Å²) in [6, 6.07) is 4.85. The molecule has 0 N–H and O–H groups in total. The third-order valence-electron chi connectivity index (χ3n) is 3.19. The van der Waals surface area contributed by atoms with E-state index in [1.54, 1.807) is 12.1 Å². The number of ether oxygens (including phenoxy) is 1. The average molecular weight is 376 g/mol. The van der Waals surface area contributed by atoms with Crippen molar-refractivity contribution in [1.82, 2.24) is 0 Å². The van der Waals surface area contributed by atoms with Gasteiger partial charge in [-0.05, 0) is 40.6 Å². The second kappa shape index (κ2) is 10.9. The molecule has 0 aliphatic carbocycles. The number of halogens is 1. The molecule has 6 heteroatoms. The molecule has 1 aromatic carbocycles. The van der Waals surface area contributed by atoms with Crippen molar-refractivity contribution in [3.8, 4) is 5.75 Å². The predicted octanol–water partition coefficient (Wildman–Crippen LogP) is 5.40. The number of nitro benzene ring substituents is 1. The quantitative estimate of drug-likeness (QED) is 0.244. The van der Waals surface area contributed by atoms with E-state index in [-0.39, 0.29) is 5.69 Å². The van der Waals surface area contributed by atoms with Crippen molar-refractivity contribution < 1.29 is 9.66 Å². The summed E-state index contributed by atoms with van der Waals surface area (Å²) in [6.45, 7) is 0.514. The molecule has 4 nitrogen and oxygen atoms in total. The molecule has 0 aliphatic heterocycles. The van der Waals surface area contributed by atoms with Crippen molar-refractivity contribution in [2.45, 2.75) is 44.9 Å². The molecule has 0 amide bonds. The standard InChI is InChI=1S/C15H22BrNO3S/c16-13-9-8-10-14(17(18)19)15(13)20-11-6-4-2-1-3-5-7-12-21/h8-10,21H,1-7,11-12H2. The first kappa shape index (κ1) is 18.3. The Hall–Kier alpha value is -0.750. The van der Waals surface area contributed by atoms with Gasteiger partial charge in [-0.1, -0.05) is 38.2 Å². The van der Waals surface area contributed by atoms with Crippen LogP contribution < -0.4 is 4.74 Å². The Morgan fingerprint density at radius 2 is 1.71 bits per heavy atom. The Labute approximate surface area is 140 Å². The number of hydrogen-bond acceptors (Lipinski definition) is 4.